The van der Waals surface area contributed by atoms with E-state index < -0.39 is 48.4 Å². The van der Waals surface area contributed by atoms with E-state index in [1.54, 1.807) is 13.0 Å². The van der Waals surface area contributed by atoms with Crippen LogP contribution in [0.25, 0.3) is 0 Å². The Morgan fingerprint density at radius 1 is 0.955 bits per heavy atom. The number of rotatable bonds is 5. The maximum atomic E-state index is 11.4. The average molecular weight is 314 g/mol. The van der Waals surface area contributed by atoms with E-state index >= 15 is 0 Å². The maximum absolute atomic E-state index is 11.4. The van der Waals surface area contributed by atoms with E-state index in [4.69, 9.17) is 18.9 Å². The molecule has 0 bridgehead atoms. The molecule has 1 aliphatic rings. The third kappa shape index (κ3) is 4.84. The molecular weight excluding hydrogens is 292 g/mol. The number of hydrogen-bond donors (Lipinski definition) is 0. The molecule has 1 aliphatic heterocycles. The monoisotopic (exact) mass is 314 g/mol. The molecule has 0 aromatic rings. The van der Waals surface area contributed by atoms with Gasteiger partial charge in [0.05, 0.1) is 6.10 Å². The van der Waals surface area contributed by atoms with Crippen LogP contribution < -0.4 is 0 Å². The highest BCUT2D eigenvalue weighted by Crippen LogP contribution is 2.30. The highest BCUT2D eigenvalue weighted by Gasteiger charge is 2.49. The molecule has 0 aromatic carbocycles. The van der Waals surface area contributed by atoms with Gasteiger partial charge in [-0.15, -0.1) is 6.58 Å². The highest BCUT2D eigenvalue weighted by atomic mass is 16.6. The van der Waals surface area contributed by atoms with Gasteiger partial charge in [-0.2, -0.15) is 0 Å². The SMILES string of the molecule is C=CC[C@@H]1O[C@@H](C)[C@H](OC(C)=O)[C@@H](OC(C)=O)[C@H]1OC(C)=O. The van der Waals surface area contributed by atoms with E-state index in [0.717, 1.165) is 0 Å². The molecule has 0 amide bonds. The molecule has 124 valence electrons. The van der Waals surface area contributed by atoms with Gasteiger partial charge in [-0.1, -0.05) is 6.08 Å². The molecular formula is C15H22O7. The summed E-state index contributed by atoms with van der Waals surface area (Å²) >= 11 is 0. The Balaban J connectivity index is 3.12. The zero-order valence-electron chi connectivity index (χ0n) is 13.2. The fourth-order valence-electron chi connectivity index (χ4n) is 2.47. The Morgan fingerprint density at radius 3 is 1.86 bits per heavy atom. The predicted molar refractivity (Wildman–Crippen MR) is 75.8 cm³/mol. The lowest BCUT2D eigenvalue weighted by Crippen LogP contribution is -2.60. The maximum Gasteiger partial charge on any atom is 0.303 e. The van der Waals surface area contributed by atoms with Crippen molar-refractivity contribution in [3.05, 3.63) is 12.7 Å². The van der Waals surface area contributed by atoms with E-state index in [1.165, 1.54) is 20.8 Å². The van der Waals surface area contributed by atoms with Crippen LogP contribution in [0, 0.1) is 0 Å². The fraction of sp³-hybridized carbons (Fsp3) is 0.667. The van der Waals surface area contributed by atoms with Gasteiger partial charge in [0.15, 0.2) is 18.3 Å². The number of esters is 3. The van der Waals surface area contributed by atoms with Crippen molar-refractivity contribution in [1.29, 1.82) is 0 Å². The number of carbonyl (C=O) groups excluding carboxylic acids is 3. The Bertz CT molecular complexity index is 445. The molecule has 0 saturated carbocycles. The normalized spacial score (nSPS) is 31.0. The summed E-state index contributed by atoms with van der Waals surface area (Å²) in [5.41, 5.74) is 0. The summed E-state index contributed by atoms with van der Waals surface area (Å²) in [5.74, 6) is -1.65. The van der Waals surface area contributed by atoms with Gasteiger partial charge < -0.3 is 18.9 Å². The topological polar surface area (TPSA) is 88.1 Å². The summed E-state index contributed by atoms with van der Waals surface area (Å²) in [6, 6.07) is 0. The lowest BCUT2D eigenvalue weighted by atomic mass is 9.93. The zero-order chi connectivity index (χ0) is 16.9. The molecule has 1 fully saturated rings. The predicted octanol–water partition coefficient (Wildman–Crippen LogP) is 1.14. The first-order valence-corrected chi connectivity index (χ1v) is 7.04. The first kappa shape index (κ1) is 18.2. The first-order chi connectivity index (χ1) is 10.3. The van der Waals surface area contributed by atoms with E-state index in [2.05, 4.69) is 6.58 Å². The zero-order valence-corrected chi connectivity index (χ0v) is 13.2. The molecule has 22 heavy (non-hydrogen) atoms. The lowest BCUT2D eigenvalue weighted by Gasteiger charge is -2.43. The van der Waals surface area contributed by atoms with Crippen LogP contribution in [0.5, 0.6) is 0 Å². The van der Waals surface area contributed by atoms with Crippen molar-refractivity contribution in [2.45, 2.75) is 64.6 Å². The molecule has 0 unspecified atom stereocenters. The number of carbonyl (C=O) groups is 3. The molecule has 0 spiro atoms. The van der Waals surface area contributed by atoms with Gasteiger partial charge in [0.2, 0.25) is 0 Å². The molecule has 7 heteroatoms. The van der Waals surface area contributed by atoms with Crippen LogP contribution in [0.1, 0.15) is 34.1 Å². The van der Waals surface area contributed by atoms with E-state index in [0.29, 0.717) is 6.42 Å². The molecule has 0 radical (unpaired) electrons. The van der Waals surface area contributed by atoms with Crippen LogP contribution in [0.3, 0.4) is 0 Å². The minimum atomic E-state index is -0.931. The van der Waals surface area contributed by atoms with E-state index in [9.17, 15) is 14.4 Å². The number of ether oxygens (including phenoxy) is 4. The second-order valence-corrected chi connectivity index (χ2v) is 5.13. The molecule has 5 atom stereocenters. The third-order valence-electron chi connectivity index (χ3n) is 3.17. The fourth-order valence-corrected chi connectivity index (χ4v) is 2.47. The summed E-state index contributed by atoms with van der Waals surface area (Å²) in [6.45, 7) is 9.06. The van der Waals surface area contributed by atoms with Crippen molar-refractivity contribution in [3.8, 4) is 0 Å². The quantitative estimate of drug-likeness (QED) is 0.427. The third-order valence-corrected chi connectivity index (χ3v) is 3.17. The van der Waals surface area contributed by atoms with Gasteiger partial charge in [0.1, 0.15) is 6.10 Å². The lowest BCUT2D eigenvalue weighted by molar-refractivity contribution is -0.242. The van der Waals surface area contributed by atoms with Crippen molar-refractivity contribution in [1.82, 2.24) is 0 Å². The minimum absolute atomic E-state index is 0.396. The molecule has 0 aliphatic carbocycles. The van der Waals surface area contributed by atoms with Gasteiger partial charge in [-0.25, -0.2) is 0 Å². The Kier molecular flexibility index (Phi) is 6.55. The summed E-state index contributed by atoms with van der Waals surface area (Å²) in [6.07, 6.45) is -1.71. The van der Waals surface area contributed by atoms with Crippen LogP contribution in [0.15, 0.2) is 12.7 Å². The van der Waals surface area contributed by atoms with Crippen LogP contribution in [0.2, 0.25) is 0 Å². The second-order valence-electron chi connectivity index (χ2n) is 5.13. The van der Waals surface area contributed by atoms with Crippen molar-refractivity contribution >= 4 is 17.9 Å². The van der Waals surface area contributed by atoms with Gasteiger partial charge in [0.25, 0.3) is 0 Å². The number of hydrogen-bond acceptors (Lipinski definition) is 7. The summed E-state index contributed by atoms with van der Waals surface area (Å²) in [5, 5.41) is 0. The smallest absolute Gasteiger partial charge is 0.303 e. The van der Waals surface area contributed by atoms with E-state index in [1.807, 2.05) is 0 Å². The van der Waals surface area contributed by atoms with Gasteiger partial charge in [-0.05, 0) is 13.3 Å². The second kappa shape index (κ2) is 7.93. The van der Waals surface area contributed by atoms with Gasteiger partial charge in [0, 0.05) is 20.8 Å². The van der Waals surface area contributed by atoms with Crippen LogP contribution in [-0.4, -0.2) is 48.4 Å². The van der Waals surface area contributed by atoms with Crippen molar-refractivity contribution in [2.24, 2.45) is 0 Å². The van der Waals surface area contributed by atoms with Crippen LogP contribution >= 0.6 is 0 Å². The first-order valence-electron chi connectivity index (χ1n) is 7.04. The van der Waals surface area contributed by atoms with Gasteiger partial charge in [-0.3, -0.25) is 14.4 Å². The van der Waals surface area contributed by atoms with Crippen molar-refractivity contribution < 1.29 is 33.3 Å². The molecule has 0 aromatic heterocycles. The molecule has 1 saturated heterocycles. The standard InChI is InChI=1S/C15H22O7/c1-6-7-12-14(21-10(4)17)15(22-11(5)18)13(8(2)19-12)20-9(3)16/h6,8,12-15H,1,7H2,2-5H3/t8-,12-,13-,14-,15+/m0/s1. The van der Waals surface area contributed by atoms with E-state index in [-0.39, 0.29) is 0 Å². The Hall–Kier alpha value is -1.89. The Morgan fingerprint density at radius 2 is 1.41 bits per heavy atom. The molecule has 1 rings (SSSR count). The van der Waals surface area contributed by atoms with Crippen LogP contribution in [-0.2, 0) is 33.3 Å². The summed E-state index contributed by atoms with van der Waals surface area (Å²) in [7, 11) is 0. The minimum Gasteiger partial charge on any atom is -0.456 e. The Labute approximate surface area is 129 Å². The summed E-state index contributed by atoms with van der Waals surface area (Å²) in [4.78, 5) is 34.0. The van der Waals surface area contributed by atoms with Crippen LogP contribution in [0.4, 0.5) is 0 Å². The highest BCUT2D eigenvalue weighted by molar-refractivity contribution is 5.68. The molecule has 1 heterocycles. The van der Waals surface area contributed by atoms with Crippen molar-refractivity contribution in [3.63, 3.8) is 0 Å². The molecule has 0 N–H and O–H groups in total. The average Bonchev–Trinajstić information content (AvgIpc) is 2.37. The molecule has 7 nitrogen and oxygen atoms in total. The van der Waals surface area contributed by atoms with Gasteiger partial charge >= 0.3 is 17.9 Å². The largest absolute Gasteiger partial charge is 0.456 e. The van der Waals surface area contributed by atoms with Crippen molar-refractivity contribution in [2.75, 3.05) is 0 Å². The summed E-state index contributed by atoms with van der Waals surface area (Å²) < 4.78 is 21.5.